The van der Waals surface area contributed by atoms with Gasteiger partial charge in [0.1, 0.15) is 5.82 Å². The Kier molecular flexibility index (Phi) is 8.37. The topological polar surface area (TPSA) is 55.2 Å². The summed E-state index contributed by atoms with van der Waals surface area (Å²) in [4.78, 5) is 33.6. The molecule has 0 N–H and O–H groups in total. The minimum Gasteiger partial charge on any atom is -0.333 e. The van der Waals surface area contributed by atoms with Crippen molar-refractivity contribution in [3.8, 4) is 5.69 Å². The highest BCUT2D eigenvalue weighted by molar-refractivity contribution is 5.77. The molecule has 0 radical (unpaired) electrons. The maximum Gasteiger partial charge on any atom is 0.266 e. The van der Waals surface area contributed by atoms with E-state index in [1.165, 1.54) is 6.08 Å². The molecule has 1 aromatic carbocycles. The van der Waals surface area contributed by atoms with Crippen molar-refractivity contribution in [2.75, 3.05) is 6.54 Å². The number of unbranched alkanes of at least 4 members (excludes halogenated alkanes) is 1. The lowest BCUT2D eigenvalue weighted by atomic mass is 9.91. The summed E-state index contributed by atoms with van der Waals surface area (Å²) in [7, 11) is 0. The summed E-state index contributed by atoms with van der Waals surface area (Å²) in [6, 6.07) is 7.32. The molecule has 172 valence electrons. The van der Waals surface area contributed by atoms with Crippen molar-refractivity contribution < 1.29 is 4.79 Å². The quantitative estimate of drug-likeness (QED) is 0.489. The zero-order valence-corrected chi connectivity index (χ0v) is 20.4. The van der Waals surface area contributed by atoms with E-state index in [1.54, 1.807) is 10.6 Å². The van der Waals surface area contributed by atoms with Crippen LogP contribution in [0.15, 0.2) is 42.2 Å². The van der Waals surface area contributed by atoms with Crippen LogP contribution in [0.5, 0.6) is 0 Å². The Hall–Kier alpha value is -2.95. The molecule has 0 bridgehead atoms. The van der Waals surface area contributed by atoms with Gasteiger partial charge in [0.05, 0.1) is 23.0 Å². The SMILES string of the molecule is C=Cc1nc(C(C)N(CCCC)C(=O)CC(C)(C)C)n(-c2ccccc2C)c(=O)c1C=C. The van der Waals surface area contributed by atoms with Crippen molar-refractivity contribution in [2.45, 2.75) is 66.8 Å². The van der Waals surface area contributed by atoms with Gasteiger partial charge in [-0.05, 0) is 43.4 Å². The lowest BCUT2D eigenvalue weighted by molar-refractivity contribution is -0.135. The van der Waals surface area contributed by atoms with E-state index < -0.39 is 0 Å². The third kappa shape index (κ3) is 5.64. The number of carbonyl (C=O) groups is 1. The second kappa shape index (κ2) is 10.6. The van der Waals surface area contributed by atoms with Gasteiger partial charge in [0.15, 0.2) is 0 Å². The normalized spacial score (nSPS) is 12.3. The average Bonchev–Trinajstić information content (AvgIpc) is 2.72. The molecule has 0 fully saturated rings. The minimum atomic E-state index is -0.388. The van der Waals surface area contributed by atoms with Gasteiger partial charge in [0.25, 0.3) is 5.56 Å². The minimum absolute atomic E-state index is 0.0667. The molecule has 5 nitrogen and oxygen atoms in total. The predicted molar refractivity (Wildman–Crippen MR) is 134 cm³/mol. The first-order valence-corrected chi connectivity index (χ1v) is 11.3. The fourth-order valence-electron chi connectivity index (χ4n) is 3.80. The summed E-state index contributed by atoms with van der Waals surface area (Å²) in [5.41, 5.74) is 2.25. The second-order valence-corrected chi connectivity index (χ2v) is 9.46. The van der Waals surface area contributed by atoms with E-state index in [2.05, 4.69) is 40.9 Å². The molecular formula is C27H37N3O2. The van der Waals surface area contributed by atoms with Gasteiger partial charge in [-0.15, -0.1) is 0 Å². The van der Waals surface area contributed by atoms with E-state index in [9.17, 15) is 9.59 Å². The van der Waals surface area contributed by atoms with E-state index in [-0.39, 0.29) is 22.9 Å². The van der Waals surface area contributed by atoms with E-state index in [1.807, 2.05) is 43.0 Å². The maximum absolute atomic E-state index is 13.6. The molecule has 0 aliphatic heterocycles. The predicted octanol–water partition coefficient (Wildman–Crippen LogP) is 5.95. The molecule has 1 amide bonds. The summed E-state index contributed by atoms with van der Waals surface area (Å²) in [6.45, 7) is 20.5. The third-order valence-electron chi connectivity index (χ3n) is 5.52. The maximum atomic E-state index is 13.6. The first-order valence-electron chi connectivity index (χ1n) is 11.3. The van der Waals surface area contributed by atoms with Gasteiger partial charge in [-0.2, -0.15) is 0 Å². The molecule has 0 aliphatic carbocycles. The first-order chi connectivity index (χ1) is 15.1. The van der Waals surface area contributed by atoms with Crippen molar-refractivity contribution in [1.29, 1.82) is 0 Å². The molecule has 1 atom stereocenters. The van der Waals surface area contributed by atoms with Crippen molar-refractivity contribution in [3.63, 3.8) is 0 Å². The lowest BCUT2D eigenvalue weighted by Gasteiger charge is -2.33. The Bertz CT molecular complexity index is 1040. The van der Waals surface area contributed by atoms with Crippen LogP contribution in [0.4, 0.5) is 0 Å². The highest BCUT2D eigenvalue weighted by Gasteiger charge is 2.29. The van der Waals surface area contributed by atoms with Crippen LogP contribution in [0.2, 0.25) is 0 Å². The smallest absolute Gasteiger partial charge is 0.266 e. The fraction of sp³-hybridized carbons (Fsp3) is 0.444. The summed E-state index contributed by atoms with van der Waals surface area (Å²) in [6.07, 6.45) is 5.37. The van der Waals surface area contributed by atoms with Gasteiger partial charge < -0.3 is 4.90 Å². The van der Waals surface area contributed by atoms with Crippen LogP contribution in [0.25, 0.3) is 17.8 Å². The Morgan fingerprint density at radius 2 is 1.88 bits per heavy atom. The molecule has 0 spiro atoms. The third-order valence-corrected chi connectivity index (χ3v) is 5.52. The molecule has 2 rings (SSSR count). The molecule has 32 heavy (non-hydrogen) atoms. The number of aryl methyl sites for hydroxylation is 1. The van der Waals surface area contributed by atoms with Gasteiger partial charge in [-0.1, -0.05) is 71.5 Å². The van der Waals surface area contributed by atoms with Crippen molar-refractivity contribution in [1.82, 2.24) is 14.5 Å². The molecule has 1 unspecified atom stereocenters. The highest BCUT2D eigenvalue weighted by atomic mass is 16.2. The Labute approximate surface area is 192 Å². The molecule has 1 heterocycles. The number of rotatable bonds is 9. The standard InChI is InChI=1S/C27H37N3O2/c1-9-12-17-29(24(31)18-27(6,7)8)20(5)25-28-22(11-3)21(10-2)26(32)30(25)23-16-14-13-15-19(23)4/h10-11,13-16,20H,2-3,9,12,17-18H2,1,4-8H3. The number of hydrogen-bond acceptors (Lipinski definition) is 3. The number of benzene rings is 1. The molecule has 2 aromatic rings. The summed E-state index contributed by atoms with van der Waals surface area (Å²) < 4.78 is 1.63. The van der Waals surface area contributed by atoms with Gasteiger partial charge in [-0.3, -0.25) is 14.2 Å². The first kappa shape index (κ1) is 25.3. The van der Waals surface area contributed by atoms with Crippen LogP contribution in [0, 0.1) is 12.3 Å². The number of hydrogen-bond donors (Lipinski definition) is 0. The van der Waals surface area contributed by atoms with Crippen molar-refractivity contribution in [3.05, 3.63) is 70.4 Å². The van der Waals surface area contributed by atoms with E-state index in [0.29, 0.717) is 30.0 Å². The molecular weight excluding hydrogens is 398 g/mol. The number of aromatic nitrogens is 2. The molecule has 1 aromatic heterocycles. The highest BCUT2D eigenvalue weighted by Crippen LogP contribution is 2.27. The summed E-state index contributed by atoms with van der Waals surface area (Å²) in [5, 5.41) is 0. The Morgan fingerprint density at radius 1 is 1.22 bits per heavy atom. The lowest BCUT2D eigenvalue weighted by Crippen LogP contribution is -2.40. The van der Waals surface area contributed by atoms with Crippen LogP contribution in [-0.4, -0.2) is 26.9 Å². The van der Waals surface area contributed by atoms with Gasteiger partial charge >= 0.3 is 0 Å². The molecule has 0 aliphatic rings. The van der Waals surface area contributed by atoms with Crippen LogP contribution in [-0.2, 0) is 4.79 Å². The van der Waals surface area contributed by atoms with Gasteiger partial charge in [0, 0.05) is 13.0 Å². The van der Waals surface area contributed by atoms with E-state index in [0.717, 1.165) is 24.1 Å². The fourth-order valence-corrected chi connectivity index (χ4v) is 3.80. The zero-order chi connectivity index (χ0) is 24.1. The van der Waals surface area contributed by atoms with Gasteiger partial charge in [0.2, 0.25) is 5.91 Å². The van der Waals surface area contributed by atoms with Crippen LogP contribution < -0.4 is 5.56 Å². The Morgan fingerprint density at radius 3 is 2.41 bits per heavy atom. The largest absolute Gasteiger partial charge is 0.333 e. The molecule has 0 saturated carbocycles. The van der Waals surface area contributed by atoms with Crippen LogP contribution >= 0.6 is 0 Å². The van der Waals surface area contributed by atoms with Crippen molar-refractivity contribution in [2.24, 2.45) is 5.41 Å². The second-order valence-electron chi connectivity index (χ2n) is 9.46. The van der Waals surface area contributed by atoms with Crippen LogP contribution in [0.3, 0.4) is 0 Å². The van der Waals surface area contributed by atoms with Crippen LogP contribution in [0.1, 0.15) is 82.6 Å². The van der Waals surface area contributed by atoms with E-state index >= 15 is 0 Å². The number of amides is 1. The summed E-state index contributed by atoms with van der Waals surface area (Å²) in [5.74, 6) is 0.597. The average molecular weight is 436 g/mol. The number of carbonyl (C=O) groups excluding carboxylic acids is 1. The molecule has 0 saturated heterocycles. The summed E-state index contributed by atoms with van der Waals surface area (Å²) >= 11 is 0. The Balaban J connectivity index is 2.77. The number of nitrogens with zero attached hydrogens (tertiary/aromatic N) is 3. The molecule has 5 heteroatoms. The number of para-hydroxylation sites is 1. The van der Waals surface area contributed by atoms with Gasteiger partial charge in [-0.25, -0.2) is 4.98 Å². The zero-order valence-electron chi connectivity index (χ0n) is 20.4. The van der Waals surface area contributed by atoms with E-state index in [4.69, 9.17) is 4.98 Å². The van der Waals surface area contributed by atoms with Crippen molar-refractivity contribution >= 4 is 18.1 Å². The monoisotopic (exact) mass is 435 g/mol.